The zero-order chi connectivity index (χ0) is 17.2. The van der Waals surface area contributed by atoms with Crippen molar-refractivity contribution < 1.29 is 19.5 Å². The van der Waals surface area contributed by atoms with E-state index in [2.05, 4.69) is 10.3 Å². The van der Waals surface area contributed by atoms with Crippen LogP contribution < -0.4 is 5.32 Å². The van der Waals surface area contributed by atoms with Crippen molar-refractivity contribution in [1.82, 2.24) is 15.2 Å². The predicted octanol–water partition coefficient (Wildman–Crippen LogP) is 1.01. The van der Waals surface area contributed by atoms with Gasteiger partial charge < -0.3 is 15.3 Å². The van der Waals surface area contributed by atoms with E-state index in [0.717, 1.165) is 0 Å². The number of carboxylic acid groups (broad SMARTS) is 1. The smallest absolute Gasteiger partial charge is 0.311 e. The molecule has 7 nitrogen and oxygen atoms in total. The van der Waals surface area contributed by atoms with Crippen LogP contribution in [0, 0.1) is 11.3 Å². The molecule has 0 aliphatic carbocycles. The lowest BCUT2D eigenvalue weighted by atomic mass is 9.76. The van der Waals surface area contributed by atoms with Crippen molar-refractivity contribution in [2.45, 2.75) is 20.3 Å². The summed E-state index contributed by atoms with van der Waals surface area (Å²) < 4.78 is 0. The van der Waals surface area contributed by atoms with Gasteiger partial charge in [0.2, 0.25) is 0 Å². The number of nitrogens with one attached hydrogen (secondary N) is 1. The number of rotatable bonds is 4. The minimum atomic E-state index is -0.898. The van der Waals surface area contributed by atoms with Crippen LogP contribution in [0.25, 0.3) is 0 Å². The number of hydrogen-bond acceptors (Lipinski definition) is 4. The van der Waals surface area contributed by atoms with Crippen molar-refractivity contribution in [3.05, 3.63) is 29.6 Å². The first-order chi connectivity index (χ1) is 10.8. The molecule has 1 saturated heterocycles. The van der Waals surface area contributed by atoms with Gasteiger partial charge in [-0.3, -0.25) is 19.4 Å². The molecule has 0 radical (unpaired) electrons. The maximum absolute atomic E-state index is 12.5. The number of hydrogen-bond donors (Lipinski definition) is 2. The molecular formula is C16H21N3O4. The van der Waals surface area contributed by atoms with Gasteiger partial charge in [-0.2, -0.15) is 0 Å². The molecule has 2 heterocycles. The minimum Gasteiger partial charge on any atom is -0.481 e. The Morgan fingerprint density at radius 1 is 1.35 bits per heavy atom. The average molecular weight is 319 g/mol. The molecule has 1 unspecified atom stereocenters. The Kier molecular flexibility index (Phi) is 4.68. The Balaban J connectivity index is 2.16. The van der Waals surface area contributed by atoms with E-state index in [1.165, 1.54) is 25.4 Å². The second kappa shape index (κ2) is 6.36. The van der Waals surface area contributed by atoms with Crippen LogP contribution in [-0.4, -0.2) is 52.9 Å². The highest BCUT2D eigenvalue weighted by Crippen LogP contribution is 2.38. The first-order valence-corrected chi connectivity index (χ1v) is 7.52. The van der Waals surface area contributed by atoms with Crippen molar-refractivity contribution in [2.24, 2.45) is 11.3 Å². The molecule has 1 fully saturated rings. The van der Waals surface area contributed by atoms with Crippen molar-refractivity contribution in [2.75, 3.05) is 20.1 Å². The first kappa shape index (κ1) is 16.9. The van der Waals surface area contributed by atoms with Crippen LogP contribution >= 0.6 is 0 Å². The summed E-state index contributed by atoms with van der Waals surface area (Å²) >= 11 is 0. The second-order valence-electron chi connectivity index (χ2n) is 6.10. The first-order valence-electron chi connectivity index (χ1n) is 7.52. The minimum absolute atomic E-state index is 0.0634. The van der Waals surface area contributed by atoms with E-state index in [9.17, 15) is 19.5 Å². The Labute approximate surface area is 134 Å². The molecule has 124 valence electrons. The summed E-state index contributed by atoms with van der Waals surface area (Å²) in [4.78, 5) is 41.1. The second-order valence-corrected chi connectivity index (χ2v) is 6.10. The van der Waals surface area contributed by atoms with Gasteiger partial charge in [0, 0.05) is 26.3 Å². The van der Waals surface area contributed by atoms with Gasteiger partial charge >= 0.3 is 5.97 Å². The molecule has 0 saturated carbocycles. The Bertz CT molecular complexity index is 627. The molecule has 0 bridgehead atoms. The summed E-state index contributed by atoms with van der Waals surface area (Å²) in [6.45, 7) is 4.32. The maximum atomic E-state index is 12.5. The molecule has 23 heavy (non-hydrogen) atoms. The monoisotopic (exact) mass is 319 g/mol. The van der Waals surface area contributed by atoms with Crippen LogP contribution in [-0.2, 0) is 4.79 Å². The number of carbonyl (C=O) groups is 3. The number of amides is 2. The Morgan fingerprint density at radius 2 is 2.04 bits per heavy atom. The molecule has 0 aromatic carbocycles. The number of aliphatic carboxylic acids is 1. The van der Waals surface area contributed by atoms with Gasteiger partial charge in [0.15, 0.2) is 0 Å². The van der Waals surface area contributed by atoms with Crippen molar-refractivity contribution in [1.29, 1.82) is 0 Å². The lowest BCUT2D eigenvalue weighted by Crippen LogP contribution is -2.40. The summed E-state index contributed by atoms with van der Waals surface area (Å²) in [5.41, 5.74) is -0.319. The van der Waals surface area contributed by atoms with Gasteiger partial charge in [-0.1, -0.05) is 13.8 Å². The largest absolute Gasteiger partial charge is 0.481 e. The highest BCUT2D eigenvalue weighted by Gasteiger charge is 2.48. The molecule has 2 amide bonds. The van der Waals surface area contributed by atoms with Crippen molar-refractivity contribution in [3.63, 3.8) is 0 Å². The number of nitrogens with zero attached hydrogens (tertiary/aromatic N) is 2. The molecule has 1 aromatic rings. The van der Waals surface area contributed by atoms with Gasteiger partial charge in [0.1, 0.15) is 5.69 Å². The van der Waals surface area contributed by atoms with Gasteiger partial charge in [-0.15, -0.1) is 0 Å². The molecule has 1 aliphatic rings. The Morgan fingerprint density at radius 3 is 2.48 bits per heavy atom. The number of carboxylic acids is 1. The lowest BCUT2D eigenvalue weighted by molar-refractivity contribution is -0.150. The van der Waals surface area contributed by atoms with Gasteiger partial charge in [0.05, 0.1) is 11.0 Å². The van der Waals surface area contributed by atoms with Crippen LogP contribution in [0.3, 0.4) is 0 Å². The Hall–Kier alpha value is -2.44. The molecule has 7 heteroatoms. The quantitative estimate of drug-likeness (QED) is 0.863. The summed E-state index contributed by atoms with van der Waals surface area (Å²) in [6, 6.07) is 3.02. The third-order valence-corrected chi connectivity index (χ3v) is 4.59. The highest BCUT2D eigenvalue weighted by atomic mass is 16.4. The fourth-order valence-electron chi connectivity index (χ4n) is 2.86. The SMILES string of the molecule is CNC(=O)c1ccc(C(=O)N2CCC(C(=O)O)(C(C)C)C2)cn1. The van der Waals surface area contributed by atoms with E-state index < -0.39 is 11.4 Å². The van der Waals surface area contributed by atoms with Gasteiger partial charge in [-0.25, -0.2) is 0 Å². The third kappa shape index (κ3) is 3.04. The standard InChI is InChI=1S/C16H21N3O4/c1-10(2)16(15(22)23)6-7-19(9-16)14(21)11-4-5-12(18-8-11)13(20)17-3/h4-5,8,10H,6-7,9H2,1-3H3,(H,17,20)(H,22,23). The fourth-order valence-corrected chi connectivity index (χ4v) is 2.86. The van der Waals surface area contributed by atoms with Crippen LogP contribution in [0.2, 0.25) is 0 Å². The van der Waals surface area contributed by atoms with Crippen LogP contribution in [0.5, 0.6) is 0 Å². The number of pyridine rings is 1. The van der Waals surface area contributed by atoms with E-state index in [-0.39, 0.29) is 30.0 Å². The lowest BCUT2D eigenvalue weighted by Gasteiger charge is -2.28. The third-order valence-electron chi connectivity index (χ3n) is 4.59. The molecule has 0 spiro atoms. The molecule has 1 aromatic heterocycles. The zero-order valence-electron chi connectivity index (χ0n) is 13.5. The number of aromatic nitrogens is 1. The topological polar surface area (TPSA) is 99.6 Å². The van der Waals surface area contributed by atoms with Crippen LogP contribution in [0.15, 0.2) is 18.3 Å². The molecule has 1 aliphatic heterocycles. The van der Waals surface area contributed by atoms with Crippen molar-refractivity contribution in [3.8, 4) is 0 Å². The summed E-state index contributed by atoms with van der Waals surface area (Å²) in [5.74, 6) is -1.51. The van der Waals surface area contributed by atoms with E-state index >= 15 is 0 Å². The summed E-state index contributed by atoms with van der Waals surface area (Å²) in [5, 5.41) is 12.0. The van der Waals surface area contributed by atoms with Gasteiger partial charge in [-0.05, 0) is 24.5 Å². The van der Waals surface area contributed by atoms with E-state index in [1.807, 2.05) is 13.8 Å². The normalized spacial score (nSPS) is 20.6. The highest BCUT2D eigenvalue weighted by molar-refractivity contribution is 5.96. The molecule has 2 rings (SSSR count). The van der Waals surface area contributed by atoms with E-state index in [4.69, 9.17) is 0 Å². The maximum Gasteiger partial charge on any atom is 0.311 e. The van der Waals surface area contributed by atoms with Gasteiger partial charge in [0.25, 0.3) is 11.8 Å². The fraction of sp³-hybridized carbons (Fsp3) is 0.500. The zero-order valence-corrected chi connectivity index (χ0v) is 13.5. The molecule has 1 atom stereocenters. The summed E-state index contributed by atoms with van der Waals surface area (Å²) in [6.07, 6.45) is 1.79. The summed E-state index contributed by atoms with van der Waals surface area (Å²) in [7, 11) is 1.50. The molecular weight excluding hydrogens is 298 g/mol. The van der Waals surface area contributed by atoms with E-state index in [0.29, 0.717) is 18.5 Å². The van der Waals surface area contributed by atoms with Crippen LogP contribution in [0.1, 0.15) is 41.1 Å². The molecule has 2 N–H and O–H groups in total. The average Bonchev–Trinajstić information content (AvgIpc) is 3.00. The number of carbonyl (C=O) groups excluding carboxylic acids is 2. The van der Waals surface area contributed by atoms with E-state index in [1.54, 1.807) is 4.90 Å². The predicted molar refractivity (Wildman–Crippen MR) is 83.1 cm³/mol. The number of likely N-dealkylation sites (tertiary alicyclic amines) is 1. The van der Waals surface area contributed by atoms with Crippen LogP contribution in [0.4, 0.5) is 0 Å². The van der Waals surface area contributed by atoms with Crippen molar-refractivity contribution >= 4 is 17.8 Å².